The summed E-state index contributed by atoms with van der Waals surface area (Å²) in [6, 6.07) is 20.8. The molecule has 2 aliphatic rings. The smallest absolute Gasteiger partial charge is 0.161 e. The molecule has 5 heteroatoms. The van der Waals surface area contributed by atoms with Gasteiger partial charge in [-0.3, -0.25) is 4.99 Å². The van der Waals surface area contributed by atoms with E-state index in [-0.39, 0.29) is 22.9 Å². The van der Waals surface area contributed by atoms with Crippen LogP contribution < -0.4 is 0 Å². The van der Waals surface area contributed by atoms with Crippen molar-refractivity contribution in [3.05, 3.63) is 71.8 Å². The van der Waals surface area contributed by atoms with Gasteiger partial charge in [-0.2, -0.15) is 0 Å². The van der Waals surface area contributed by atoms with E-state index in [4.69, 9.17) is 4.99 Å². The molecule has 26 heavy (non-hydrogen) atoms. The van der Waals surface area contributed by atoms with Gasteiger partial charge in [-0.05, 0) is 30.4 Å². The Kier molecular flexibility index (Phi) is 6.43. The third-order valence-corrected chi connectivity index (χ3v) is 6.30. The molecule has 0 bridgehead atoms. The molecule has 1 unspecified atom stereocenters. The number of aliphatic imine (C=N–C) groups is 1. The van der Waals surface area contributed by atoms with E-state index in [9.17, 15) is 5.11 Å². The summed E-state index contributed by atoms with van der Waals surface area (Å²) in [7, 11) is 0. The Morgan fingerprint density at radius 2 is 1.54 bits per heavy atom. The van der Waals surface area contributed by atoms with E-state index in [1.165, 1.54) is 6.42 Å². The van der Waals surface area contributed by atoms with Crippen LogP contribution in [0.3, 0.4) is 0 Å². The highest BCUT2D eigenvalue weighted by Gasteiger charge is 2.50. The van der Waals surface area contributed by atoms with Crippen LogP contribution in [0.4, 0.5) is 0 Å². The molecule has 0 amide bonds. The summed E-state index contributed by atoms with van der Waals surface area (Å²) in [6.07, 6.45) is 3.44. The van der Waals surface area contributed by atoms with Gasteiger partial charge in [-0.1, -0.05) is 72.4 Å². The molecule has 1 N–H and O–H groups in total. The second-order valence-corrected chi connectivity index (χ2v) is 7.74. The number of hydrogen-bond donors (Lipinski definition) is 1. The molecule has 2 aromatic rings. The molecule has 1 saturated heterocycles. The van der Waals surface area contributed by atoms with E-state index in [1.807, 2.05) is 12.1 Å². The van der Waals surface area contributed by atoms with Crippen LogP contribution in [0.5, 0.6) is 0 Å². The van der Waals surface area contributed by atoms with Crippen LogP contribution in [0.25, 0.3) is 0 Å². The first kappa shape index (κ1) is 19.5. The molecule has 0 saturated carbocycles. The van der Waals surface area contributed by atoms with Gasteiger partial charge in [0.15, 0.2) is 10.9 Å². The third-order valence-electron chi connectivity index (χ3n) is 5.13. The van der Waals surface area contributed by atoms with E-state index in [1.54, 1.807) is 11.8 Å². The maximum Gasteiger partial charge on any atom is 0.161 e. The molecule has 4 rings (SSSR count). The number of amidine groups is 1. The predicted molar refractivity (Wildman–Crippen MR) is 115 cm³/mol. The molecule has 2 aliphatic heterocycles. The highest BCUT2D eigenvalue weighted by atomic mass is 79.9. The maximum atomic E-state index is 11.9. The van der Waals surface area contributed by atoms with Crippen LogP contribution in [-0.2, 0) is 0 Å². The quantitative estimate of drug-likeness (QED) is 0.764. The lowest BCUT2D eigenvalue weighted by Crippen LogP contribution is -2.53. The fraction of sp³-hybridized carbons (Fsp3) is 0.381. The average Bonchev–Trinajstić information content (AvgIpc) is 2.92. The van der Waals surface area contributed by atoms with Crippen LogP contribution in [0.1, 0.15) is 36.3 Å². The first-order valence-electron chi connectivity index (χ1n) is 9.06. The Hall–Kier alpha value is -1.30. The second-order valence-electron chi connectivity index (χ2n) is 6.80. The van der Waals surface area contributed by atoms with Gasteiger partial charge in [0.25, 0.3) is 0 Å². The molecule has 3 nitrogen and oxygen atoms in total. The molecule has 0 aliphatic carbocycles. The van der Waals surface area contributed by atoms with E-state index >= 15 is 0 Å². The third kappa shape index (κ3) is 3.71. The molecule has 1 atom stereocenters. The molecule has 138 valence electrons. The fourth-order valence-corrected chi connectivity index (χ4v) is 5.15. The van der Waals surface area contributed by atoms with Crippen molar-refractivity contribution in [2.75, 3.05) is 18.8 Å². The van der Waals surface area contributed by atoms with Crippen LogP contribution in [-0.4, -0.2) is 39.7 Å². The number of fused-ring (bicyclic) bond motifs is 1. The van der Waals surface area contributed by atoms with Gasteiger partial charge in [-0.15, -0.1) is 17.0 Å². The summed E-state index contributed by atoms with van der Waals surface area (Å²) < 4.78 is 0. The number of thioether (sulfide) groups is 1. The predicted octanol–water partition coefficient (Wildman–Crippen LogP) is 4.67. The van der Waals surface area contributed by atoms with Gasteiger partial charge in [-0.25, -0.2) is 0 Å². The van der Waals surface area contributed by atoms with Crippen molar-refractivity contribution >= 4 is 33.9 Å². The van der Waals surface area contributed by atoms with Gasteiger partial charge < -0.3 is 10.0 Å². The molecule has 2 aromatic carbocycles. The topological polar surface area (TPSA) is 35.8 Å². The van der Waals surface area contributed by atoms with Crippen molar-refractivity contribution in [3.63, 3.8) is 0 Å². The molecule has 0 spiro atoms. The number of aliphatic hydroxyl groups is 1. The van der Waals surface area contributed by atoms with E-state index in [2.05, 4.69) is 53.4 Å². The average molecular weight is 433 g/mol. The van der Waals surface area contributed by atoms with E-state index < -0.39 is 5.72 Å². The fourth-order valence-electron chi connectivity index (χ4n) is 3.90. The molecular formula is C21H25BrN2OS. The first-order chi connectivity index (χ1) is 12.3. The number of rotatable bonds is 3. The SMILES string of the molecule is Br.OC1(C(c2ccccc2)c2ccccc2)CSC2=NCCCCCN21. The van der Waals surface area contributed by atoms with Crippen molar-refractivity contribution < 1.29 is 5.11 Å². The zero-order chi connectivity index (χ0) is 17.1. The maximum absolute atomic E-state index is 11.9. The highest BCUT2D eigenvalue weighted by molar-refractivity contribution is 8.93. The van der Waals surface area contributed by atoms with Gasteiger partial charge in [0.1, 0.15) is 0 Å². The minimum Gasteiger partial charge on any atom is -0.369 e. The van der Waals surface area contributed by atoms with Crippen LogP contribution in [0.2, 0.25) is 0 Å². The van der Waals surface area contributed by atoms with Crippen LogP contribution >= 0.6 is 28.7 Å². The minimum atomic E-state index is -0.941. The number of halogens is 1. The van der Waals surface area contributed by atoms with Crippen molar-refractivity contribution in [2.45, 2.75) is 30.9 Å². The molecular weight excluding hydrogens is 408 g/mol. The summed E-state index contributed by atoms with van der Waals surface area (Å²) in [5, 5.41) is 12.9. The number of benzene rings is 2. The lowest BCUT2D eigenvalue weighted by atomic mass is 9.82. The lowest BCUT2D eigenvalue weighted by molar-refractivity contribution is -0.0564. The molecule has 0 radical (unpaired) electrons. The van der Waals surface area contributed by atoms with Crippen LogP contribution in [0.15, 0.2) is 65.7 Å². The largest absolute Gasteiger partial charge is 0.369 e. The van der Waals surface area contributed by atoms with Crippen molar-refractivity contribution in [2.24, 2.45) is 4.99 Å². The van der Waals surface area contributed by atoms with Crippen molar-refractivity contribution in [1.82, 2.24) is 4.90 Å². The lowest BCUT2D eigenvalue weighted by Gasteiger charge is -2.41. The Bertz CT molecular complexity index is 701. The number of hydrogen-bond acceptors (Lipinski definition) is 4. The van der Waals surface area contributed by atoms with Gasteiger partial charge in [0.05, 0.1) is 5.92 Å². The summed E-state index contributed by atoms with van der Waals surface area (Å²) in [5.74, 6) is 0.565. The highest BCUT2D eigenvalue weighted by Crippen LogP contribution is 2.45. The second kappa shape index (κ2) is 8.59. The Labute approximate surface area is 170 Å². The Balaban J connectivity index is 0.00000196. The van der Waals surface area contributed by atoms with E-state index in [0.717, 1.165) is 42.2 Å². The minimum absolute atomic E-state index is 0. The summed E-state index contributed by atoms with van der Waals surface area (Å²) in [5.41, 5.74) is 1.36. The van der Waals surface area contributed by atoms with Crippen LogP contribution in [0, 0.1) is 0 Å². The van der Waals surface area contributed by atoms with Gasteiger partial charge in [0, 0.05) is 18.8 Å². The number of nitrogens with zero attached hydrogens (tertiary/aromatic N) is 2. The normalized spacial score (nSPS) is 22.8. The van der Waals surface area contributed by atoms with E-state index in [0.29, 0.717) is 5.75 Å². The Morgan fingerprint density at radius 1 is 0.923 bits per heavy atom. The standard InChI is InChI=1S/C21H24N2OS.BrH/c24-21(16-25-20-22-14-8-3-9-15-23(20)21)19(17-10-4-1-5-11-17)18-12-6-2-7-13-18;/h1-2,4-7,10-13,19,24H,3,8-9,14-16H2;1H. The molecule has 0 aromatic heterocycles. The zero-order valence-corrected chi connectivity index (χ0v) is 17.3. The summed E-state index contributed by atoms with van der Waals surface area (Å²) >= 11 is 1.70. The zero-order valence-electron chi connectivity index (χ0n) is 14.8. The Morgan fingerprint density at radius 3 is 2.15 bits per heavy atom. The first-order valence-corrected chi connectivity index (χ1v) is 10.0. The van der Waals surface area contributed by atoms with Gasteiger partial charge in [0.2, 0.25) is 0 Å². The monoisotopic (exact) mass is 432 g/mol. The van der Waals surface area contributed by atoms with Crippen molar-refractivity contribution in [3.8, 4) is 0 Å². The molecule has 2 heterocycles. The summed E-state index contributed by atoms with van der Waals surface area (Å²) in [6.45, 7) is 1.74. The summed E-state index contributed by atoms with van der Waals surface area (Å²) in [4.78, 5) is 6.92. The van der Waals surface area contributed by atoms with Gasteiger partial charge >= 0.3 is 0 Å². The molecule has 1 fully saturated rings. The van der Waals surface area contributed by atoms with Crippen molar-refractivity contribution in [1.29, 1.82) is 0 Å².